The van der Waals surface area contributed by atoms with Crippen LogP contribution < -0.4 is 10.4 Å². The molecule has 0 atom stereocenters. The summed E-state index contributed by atoms with van der Waals surface area (Å²) >= 11 is 0. The maximum atomic E-state index is 13.6. The lowest BCUT2D eigenvalue weighted by Crippen LogP contribution is -1.97. The largest absolute Gasteiger partial charge is 0.494 e. The number of hydrogen-bond acceptors (Lipinski definition) is 4. The summed E-state index contributed by atoms with van der Waals surface area (Å²) in [6, 6.07) is 3.93. The predicted molar refractivity (Wildman–Crippen MR) is 50.7 cm³/mol. The van der Waals surface area contributed by atoms with Crippen molar-refractivity contribution in [3.05, 3.63) is 34.4 Å². The van der Waals surface area contributed by atoms with E-state index in [2.05, 4.69) is 4.42 Å². The van der Waals surface area contributed by atoms with E-state index in [1.165, 1.54) is 19.2 Å². The number of benzene rings is 1. The molecule has 0 aliphatic carbocycles. The number of halogens is 1. The molecule has 5 heteroatoms. The van der Waals surface area contributed by atoms with Gasteiger partial charge >= 0.3 is 5.63 Å². The third-order valence-electron chi connectivity index (χ3n) is 2.04. The van der Waals surface area contributed by atoms with Crippen LogP contribution in [-0.4, -0.2) is 12.2 Å². The molecule has 1 aromatic heterocycles. The van der Waals surface area contributed by atoms with Crippen LogP contribution in [0.25, 0.3) is 10.8 Å². The Morgan fingerprint density at radius 2 is 2.20 bits per heavy atom. The van der Waals surface area contributed by atoms with E-state index in [0.717, 1.165) is 6.07 Å². The number of aromatic hydroxyl groups is 1. The second-order valence-corrected chi connectivity index (χ2v) is 2.92. The van der Waals surface area contributed by atoms with Gasteiger partial charge in [-0.05, 0) is 17.5 Å². The van der Waals surface area contributed by atoms with Gasteiger partial charge in [-0.15, -0.1) is 0 Å². The SMILES string of the molecule is COc1ccc2cc(=O)oc(O)c2c1F. The summed E-state index contributed by atoms with van der Waals surface area (Å²) in [5.74, 6) is -1.52. The Morgan fingerprint density at radius 3 is 2.87 bits per heavy atom. The van der Waals surface area contributed by atoms with Gasteiger partial charge in [-0.3, -0.25) is 0 Å². The molecule has 4 nitrogen and oxygen atoms in total. The maximum absolute atomic E-state index is 13.6. The highest BCUT2D eigenvalue weighted by molar-refractivity contribution is 5.87. The van der Waals surface area contributed by atoms with Gasteiger partial charge in [-0.25, -0.2) is 9.18 Å². The van der Waals surface area contributed by atoms with Crippen molar-refractivity contribution in [3.63, 3.8) is 0 Å². The summed E-state index contributed by atoms with van der Waals surface area (Å²) in [6.07, 6.45) is 0. The van der Waals surface area contributed by atoms with E-state index < -0.39 is 17.4 Å². The molecule has 0 bridgehead atoms. The third-order valence-corrected chi connectivity index (χ3v) is 2.04. The minimum absolute atomic E-state index is 0.0216. The zero-order valence-corrected chi connectivity index (χ0v) is 7.78. The fourth-order valence-corrected chi connectivity index (χ4v) is 1.37. The summed E-state index contributed by atoms with van der Waals surface area (Å²) in [5, 5.41) is 9.40. The molecule has 0 unspecified atom stereocenters. The maximum Gasteiger partial charge on any atom is 0.339 e. The van der Waals surface area contributed by atoms with E-state index >= 15 is 0 Å². The number of fused-ring (bicyclic) bond motifs is 1. The van der Waals surface area contributed by atoms with E-state index in [4.69, 9.17) is 4.74 Å². The van der Waals surface area contributed by atoms with Gasteiger partial charge < -0.3 is 14.3 Å². The van der Waals surface area contributed by atoms with Crippen LogP contribution >= 0.6 is 0 Å². The third kappa shape index (κ3) is 1.41. The highest BCUT2D eigenvalue weighted by Gasteiger charge is 2.13. The van der Waals surface area contributed by atoms with Crippen molar-refractivity contribution < 1.29 is 18.7 Å². The monoisotopic (exact) mass is 210 g/mol. The van der Waals surface area contributed by atoms with Crippen molar-refractivity contribution in [3.8, 4) is 11.7 Å². The fraction of sp³-hybridized carbons (Fsp3) is 0.100. The molecule has 78 valence electrons. The molecule has 0 saturated carbocycles. The highest BCUT2D eigenvalue weighted by atomic mass is 19.1. The second kappa shape index (κ2) is 3.27. The summed E-state index contributed by atoms with van der Waals surface area (Å²) in [5.41, 5.74) is -0.732. The van der Waals surface area contributed by atoms with Crippen LogP contribution in [0.15, 0.2) is 27.4 Å². The van der Waals surface area contributed by atoms with Gasteiger partial charge in [-0.1, -0.05) is 0 Å². The van der Waals surface area contributed by atoms with Gasteiger partial charge in [0.1, 0.15) is 5.39 Å². The van der Waals surface area contributed by atoms with Gasteiger partial charge in [0.25, 0.3) is 5.95 Å². The minimum atomic E-state index is -0.753. The van der Waals surface area contributed by atoms with Crippen LogP contribution in [0, 0.1) is 5.82 Å². The van der Waals surface area contributed by atoms with Crippen molar-refractivity contribution in [1.82, 2.24) is 0 Å². The van der Waals surface area contributed by atoms with Crippen molar-refractivity contribution >= 4 is 10.8 Å². The van der Waals surface area contributed by atoms with Gasteiger partial charge in [-0.2, -0.15) is 0 Å². The Morgan fingerprint density at radius 1 is 1.47 bits per heavy atom. The average Bonchev–Trinajstić information content (AvgIpc) is 2.17. The van der Waals surface area contributed by atoms with E-state index in [1.54, 1.807) is 0 Å². The number of ether oxygens (including phenoxy) is 1. The normalized spacial score (nSPS) is 10.5. The molecule has 0 aliphatic heterocycles. The van der Waals surface area contributed by atoms with Crippen LogP contribution in [0.2, 0.25) is 0 Å². The van der Waals surface area contributed by atoms with Crippen molar-refractivity contribution in [2.24, 2.45) is 0 Å². The lowest BCUT2D eigenvalue weighted by atomic mass is 10.1. The van der Waals surface area contributed by atoms with Crippen molar-refractivity contribution in [2.75, 3.05) is 7.11 Å². The van der Waals surface area contributed by atoms with Crippen LogP contribution in [0.5, 0.6) is 11.7 Å². The topological polar surface area (TPSA) is 59.7 Å². The average molecular weight is 210 g/mol. The molecular weight excluding hydrogens is 203 g/mol. The van der Waals surface area contributed by atoms with Gasteiger partial charge in [0.15, 0.2) is 11.6 Å². The summed E-state index contributed by atoms with van der Waals surface area (Å²) in [7, 11) is 1.31. The first kappa shape index (κ1) is 9.51. The highest BCUT2D eigenvalue weighted by Crippen LogP contribution is 2.30. The predicted octanol–water partition coefficient (Wildman–Crippen LogP) is 1.65. The van der Waals surface area contributed by atoms with E-state index in [1.807, 2.05) is 0 Å². The van der Waals surface area contributed by atoms with Crippen LogP contribution in [0.1, 0.15) is 0 Å². The van der Waals surface area contributed by atoms with Gasteiger partial charge in [0.2, 0.25) is 0 Å². The van der Waals surface area contributed by atoms with Crippen LogP contribution in [0.3, 0.4) is 0 Å². The molecular formula is C10H7FO4. The second-order valence-electron chi connectivity index (χ2n) is 2.92. The van der Waals surface area contributed by atoms with Crippen molar-refractivity contribution in [1.29, 1.82) is 0 Å². The molecule has 0 saturated heterocycles. The zero-order chi connectivity index (χ0) is 11.0. The summed E-state index contributed by atoms with van der Waals surface area (Å²) in [4.78, 5) is 10.9. The Hall–Kier alpha value is -2.04. The molecule has 0 amide bonds. The number of rotatable bonds is 1. The number of methoxy groups -OCH3 is 1. The quantitative estimate of drug-likeness (QED) is 0.777. The van der Waals surface area contributed by atoms with E-state index in [-0.39, 0.29) is 16.5 Å². The lowest BCUT2D eigenvalue weighted by molar-refractivity contribution is 0.314. The van der Waals surface area contributed by atoms with E-state index in [9.17, 15) is 14.3 Å². The molecule has 0 aliphatic rings. The van der Waals surface area contributed by atoms with Crippen molar-refractivity contribution in [2.45, 2.75) is 0 Å². The molecule has 15 heavy (non-hydrogen) atoms. The first-order valence-electron chi connectivity index (χ1n) is 4.13. The molecule has 2 aromatic rings. The Balaban J connectivity index is 2.93. The Kier molecular flexibility index (Phi) is 2.07. The lowest BCUT2D eigenvalue weighted by Gasteiger charge is -2.04. The van der Waals surface area contributed by atoms with Crippen LogP contribution in [0.4, 0.5) is 4.39 Å². The molecule has 0 spiro atoms. The summed E-state index contributed by atoms with van der Waals surface area (Å²) < 4.78 is 22.7. The first-order chi connectivity index (χ1) is 7.13. The Labute approximate surface area is 83.5 Å². The molecule has 1 N–H and O–H groups in total. The molecule has 1 heterocycles. The summed E-state index contributed by atoms with van der Waals surface area (Å²) in [6.45, 7) is 0. The zero-order valence-electron chi connectivity index (χ0n) is 7.78. The molecule has 0 fully saturated rings. The standard InChI is InChI=1S/C10H7FO4/c1-14-6-3-2-5-4-7(12)15-10(13)8(5)9(6)11/h2-4,13H,1H3. The molecule has 0 radical (unpaired) electrons. The van der Waals surface area contributed by atoms with Gasteiger partial charge in [0.05, 0.1) is 7.11 Å². The minimum Gasteiger partial charge on any atom is -0.494 e. The van der Waals surface area contributed by atoms with Crippen LogP contribution in [-0.2, 0) is 0 Å². The molecule has 1 aromatic carbocycles. The fourth-order valence-electron chi connectivity index (χ4n) is 1.37. The van der Waals surface area contributed by atoms with E-state index in [0.29, 0.717) is 0 Å². The molecule has 2 rings (SSSR count). The smallest absolute Gasteiger partial charge is 0.339 e. The first-order valence-corrected chi connectivity index (χ1v) is 4.13. The number of hydrogen-bond donors (Lipinski definition) is 1. The Bertz CT molecular complexity index is 573. The van der Waals surface area contributed by atoms with Gasteiger partial charge in [0, 0.05) is 6.07 Å².